The van der Waals surface area contributed by atoms with E-state index in [0.29, 0.717) is 11.5 Å². The molecular formula is C24H31NOS2. The summed E-state index contributed by atoms with van der Waals surface area (Å²) in [6, 6.07) is 17.6. The molecule has 4 heteroatoms. The number of rotatable bonds is 8. The summed E-state index contributed by atoms with van der Waals surface area (Å²) >= 11 is 5.77. The number of hydrogen-bond acceptors (Lipinski definition) is 4. The van der Waals surface area contributed by atoms with Gasteiger partial charge in [0.2, 0.25) is 0 Å². The van der Waals surface area contributed by atoms with E-state index in [4.69, 9.17) is 0 Å². The van der Waals surface area contributed by atoms with Crippen LogP contribution in [0.25, 0.3) is 0 Å². The maximum absolute atomic E-state index is 13.1. The molecule has 150 valence electrons. The second-order valence-electron chi connectivity index (χ2n) is 7.92. The van der Waals surface area contributed by atoms with Crippen LogP contribution in [-0.4, -0.2) is 42.2 Å². The molecule has 28 heavy (non-hydrogen) atoms. The third kappa shape index (κ3) is 4.84. The van der Waals surface area contributed by atoms with Gasteiger partial charge in [0.25, 0.3) is 0 Å². The van der Waals surface area contributed by atoms with Gasteiger partial charge in [-0.15, -0.1) is 0 Å². The second kappa shape index (κ2) is 10.00. The number of carbonyl (C=O) groups is 1. The van der Waals surface area contributed by atoms with E-state index in [2.05, 4.69) is 80.2 Å². The van der Waals surface area contributed by atoms with Crippen molar-refractivity contribution in [1.29, 1.82) is 0 Å². The third-order valence-electron chi connectivity index (χ3n) is 5.73. The molecule has 0 heterocycles. The Kier molecular flexibility index (Phi) is 7.67. The summed E-state index contributed by atoms with van der Waals surface area (Å²) in [4.78, 5) is 15.3. The molecule has 3 rings (SSSR count). The first-order valence-electron chi connectivity index (χ1n) is 10.1. The average molecular weight is 414 g/mol. The highest BCUT2D eigenvalue weighted by Gasteiger charge is 2.40. The van der Waals surface area contributed by atoms with Crippen molar-refractivity contribution < 1.29 is 4.79 Å². The highest BCUT2D eigenvalue weighted by molar-refractivity contribution is 8.13. The van der Waals surface area contributed by atoms with Crippen LogP contribution in [0.2, 0.25) is 0 Å². The Balaban J connectivity index is 2.08. The maximum Gasteiger partial charge on any atom is 0.190 e. The van der Waals surface area contributed by atoms with Crippen LogP contribution in [0.3, 0.4) is 0 Å². The fourth-order valence-corrected chi connectivity index (χ4v) is 5.57. The lowest BCUT2D eigenvalue weighted by molar-refractivity contribution is -0.111. The Morgan fingerprint density at radius 3 is 2.14 bits per heavy atom. The van der Waals surface area contributed by atoms with Crippen LogP contribution < -0.4 is 0 Å². The molecule has 0 aromatic heterocycles. The van der Waals surface area contributed by atoms with E-state index in [0.717, 1.165) is 43.7 Å². The zero-order valence-corrected chi connectivity index (χ0v) is 18.7. The molecule has 0 N–H and O–H groups in total. The average Bonchev–Trinajstić information content (AvgIpc) is 2.83. The minimum Gasteiger partial charge on any atom is -0.309 e. The van der Waals surface area contributed by atoms with Crippen LogP contribution in [0, 0.1) is 0 Å². The number of hydrogen-bond donors (Lipinski definition) is 1. The first-order valence-corrected chi connectivity index (χ1v) is 11.8. The van der Waals surface area contributed by atoms with E-state index >= 15 is 0 Å². The molecular weight excluding hydrogens is 382 g/mol. The summed E-state index contributed by atoms with van der Waals surface area (Å²) < 4.78 is 0. The smallest absolute Gasteiger partial charge is 0.190 e. The highest BCUT2D eigenvalue weighted by atomic mass is 32.2. The minimum atomic E-state index is -0.251. The van der Waals surface area contributed by atoms with Gasteiger partial charge in [0.15, 0.2) is 5.12 Å². The van der Waals surface area contributed by atoms with Crippen molar-refractivity contribution in [1.82, 2.24) is 4.90 Å². The summed E-state index contributed by atoms with van der Waals surface area (Å²) in [5.41, 5.74) is 5.24. The van der Waals surface area contributed by atoms with Gasteiger partial charge in [-0.2, -0.15) is 12.6 Å². The predicted octanol–water partition coefficient (Wildman–Crippen LogP) is 4.99. The summed E-state index contributed by atoms with van der Waals surface area (Å²) in [6.45, 7) is 0.956. The maximum atomic E-state index is 13.1. The number of fused-ring (bicyclic) bond motifs is 2. The van der Waals surface area contributed by atoms with E-state index in [1.807, 2.05) is 0 Å². The predicted molar refractivity (Wildman–Crippen MR) is 125 cm³/mol. The van der Waals surface area contributed by atoms with Crippen LogP contribution in [0.1, 0.15) is 41.5 Å². The Bertz CT molecular complexity index is 755. The van der Waals surface area contributed by atoms with Gasteiger partial charge < -0.3 is 4.90 Å². The molecule has 0 aliphatic heterocycles. The third-order valence-corrected chi connectivity index (χ3v) is 7.00. The van der Waals surface area contributed by atoms with Crippen molar-refractivity contribution >= 4 is 29.5 Å². The van der Waals surface area contributed by atoms with Gasteiger partial charge in [-0.3, -0.25) is 4.79 Å². The summed E-state index contributed by atoms with van der Waals surface area (Å²) in [5.74, 6) is 1.69. The lowest BCUT2D eigenvalue weighted by Gasteiger charge is -2.37. The van der Waals surface area contributed by atoms with Crippen molar-refractivity contribution in [3.05, 3.63) is 70.8 Å². The standard InChI is InChI=1S/C24H31NOS2/c1-25(2)15-14-24(18-23(26)28-17-7-16-27)21-10-5-3-8-19(21)12-13-20-9-4-6-11-22(20)24/h3-6,8-11,27H,7,12-18H2,1-2H3. The Morgan fingerprint density at radius 2 is 1.61 bits per heavy atom. The quantitative estimate of drug-likeness (QED) is 0.486. The van der Waals surface area contributed by atoms with Crippen LogP contribution in [0.15, 0.2) is 48.5 Å². The second-order valence-corrected chi connectivity index (χ2v) is 9.52. The van der Waals surface area contributed by atoms with Crippen LogP contribution in [0.4, 0.5) is 0 Å². The van der Waals surface area contributed by atoms with Crippen molar-refractivity contribution in [2.24, 2.45) is 0 Å². The van der Waals surface area contributed by atoms with E-state index in [1.165, 1.54) is 34.0 Å². The minimum absolute atomic E-state index is 0.251. The van der Waals surface area contributed by atoms with Gasteiger partial charge in [0.05, 0.1) is 0 Å². The number of benzene rings is 2. The lowest BCUT2D eigenvalue weighted by atomic mass is 9.68. The Hall–Kier alpha value is -1.23. The van der Waals surface area contributed by atoms with Gasteiger partial charge in [-0.05, 0) is 74.3 Å². The highest BCUT2D eigenvalue weighted by Crippen LogP contribution is 2.45. The molecule has 0 fully saturated rings. The van der Waals surface area contributed by atoms with Crippen molar-refractivity contribution in [3.63, 3.8) is 0 Å². The van der Waals surface area contributed by atoms with Crippen LogP contribution >= 0.6 is 24.4 Å². The molecule has 2 aromatic rings. The van der Waals surface area contributed by atoms with Crippen molar-refractivity contribution in [2.45, 2.75) is 37.5 Å². The summed E-state index contributed by atoms with van der Waals surface area (Å²) in [7, 11) is 4.23. The summed E-state index contributed by atoms with van der Waals surface area (Å²) in [6.07, 6.45) is 4.56. The number of thiol groups is 1. The Labute approximate surface area is 179 Å². The van der Waals surface area contributed by atoms with Gasteiger partial charge in [-0.25, -0.2) is 0 Å². The molecule has 0 saturated carbocycles. The molecule has 1 aliphatic rings. The van der Waals surface area contributed by atoms with E-state index in [-0.39, 0.29) is 5.41 Å². The molecule has 0 bridgehead atoms. The molecule has 0 unspecified atom stereocenters. The molecule has 2 nitrogen and oxygen atoms in total. The summed E-state index contributed by atoms with van der Waals surface area (Å²) in [5, 5.41) is 0.298. The van der Waals surface area contributed by atoms with E-state index < -0.39 is 0 Å². The molecule has 2 aromatic carbocycles. The molecule has 0 saturated heterocycles. The number of aryl methyl sites for hydroxylation is 2. The fraction of sp³-hybridized carbons (Fsp3) is 0.458. The number of thioether (sulfide) groups is 1. The SMILES string of the molecule is CN(C)CCC1(CC(=O)SCCCS)c2ccccc2CCc2ccccc21. The zero-order chi connectivity index (χ0) is 20.0. The number of carbonyl (C=O) groups excluding carboxylic acids is 1. The zero-order valence-electron chi connectivity index (χ0n) is 17.0. The van der Waals surface area contributed by atoms with Crippen LogP contribution in [0.5, 0.6) is 0 Å². The molecule has 0 amide bonds. The molecule has 0 radical (unpaired) electrons. The lowest BCUT2D eigenvalue weighted by Crippen LogP contribution is -2.35. The fourth-order valence-electron chi connectivity index (χ4n) is 4.34. The van der Waals surface area contributed by atoms with Gasteiger partial charge >= 0.3 is 0 Å². The first kappa shape index (κ1) is 21.5. The van der Waals surface area contributed by atoms with Gasteiger partial charge in [0, 0.05) is 17.6 Å². The van der Waals surface area contributed by atoms with Crippen molar-refractivity contribution in [3.8, 4) is 0 Å². The Morgan fingerprint density at radius 1 is 1.04 bits per heavy atom. The molecule has 0 spiro atoms. The van der Waals surface area contributed by atoms with Gasteiger partial charge in [0.1, 0.15) is 0 Å². The van der Waals surface area contributed by atoms with Crippen LogP contribution in [-0.2, 0) is 23.1 Å². The molecule has 0 atom stereocenters. The number of nitrogens with zero attached hydrogens (tertiary/aromatic N) is 1. The first-order chi connectivity index (χ1) is 13.6. The molecule has 1 aliphatic carbocycles. The monoisotopic (exact) mass is 413 g/mol. The topological polar surface area (TPSA) is 20.3 Å². The largest absolute Gasteiger partial charge is 0.309 e. The van der Waals surface area contributed by atoms with E-state index in [1.54, 1.807) is 0 Å². The van der Waals surface area contributed by atoms with E-state index in [9.17, 15) is 4.79 Å². The van der Waals surface area contributed by atoms with Gasteiger partial charge in [-0.1, -0.05) is 60.3 Å². The normalized spacial score (nSPS) is 15.0. The van der Waals surface area contributed by atoms with Crippen molar-refractivity contribution in [2.75, 3.05) is 32.1 Å².